The summed E-state index contributed by atoms with van der Waals surface area (Å²) in [6.45, 7) is 5.83. The second kappa shape index (κ2) is 6.68. The Morgan fingerprint density at radius 3 is 2.45 bits per heavy atom. The average Bonchev–Trinajstić information content (AvgIpc) is 3.21. The van der Waals surface area contributed by atoms with Crippen molar-refractivity contribution in [2.75, 3.05) is 7.11 Å². The maximum atomic E-state index is 12.1. The molecule has 6 nitrogen and oxygen atoms in total. The molecule has 2 unspecified atom stereocenters. The molecule has 2 N–H and O–H groups in total. The first kappa shape index (κ1) is 16.1. The highest BCUT2D eigenvalue weighted by molar-refractivity contribution is 5.96. The van der Waals surface area contributed by atoms with E-state index in [9.17, 15) is 9.59 Å². The van der Waals surface area contributed by atoms with Crippen LogP contribution in [0.5, 0.6) is 11.5 Å². The van der Waals surface area contributed by atoms with E-state index in [-0.39, 0.29) is 17.9 Å². The summed E-state index contributed by atoms with van der Waals surface area (Å²) in [4.78, 5) is 23.7. The van der Waals surface area contributed by atoms with Crippen LogP contribution < -0.4 is 20.3 Å². The number of carbonyl (C=O) groups excluding carboxylic acids is 2. The van der Waals surface area contributed by atoms with Gasteiger partial charge in [-0.05, 0) is 44.4 Å². The van der Waals surface area contributed by atoms with Crippen LogP contribution in [0.2, 0.25) is 0 Å². The number of amides is 2. The van der Waals surface area contributed by atoms with E-state index in [1.807, 2.05) is 20.8 Å². The molecule has 1 fully saturated rings. The van der Waals surface area contributed by atoms with E-state index in [1.54, 1.807) is 18.2 Å². The van der Waals surface area contributed by atoms with Gasteiger partial charge in [-0.3, -0.25) is 20.4 Å². The number of benzene rings is 1. The van der Waals surface area contributed by atoms with Crippen LogP contribution in [0.3, 0.4) is 0 Å². The lowest BCUT2D eigenvalue weighted by atomic mass is 10.2. The van der Waals surface area contributed by atoms with Crippen LogP contribution in [0.4, 0.5) is 0 Å². The number of ether oxygens (including phenoxy) is 2. The molecule has 0 heterocycles. The van der Waals surface area contributed by atoms with Gasteiger partial charge in [0.05, 0.1) is 13.2 Å². The second-order valence-electron chi connectivity index (χ2n) is 5.80. The highest BCUT2D eigenvalue weighted by atomic mass is 16.5. The van der Waals surface area contributed by atoms with Crippen LogP contribution in [0.15, 0.2) is 18.2 Å². The van der Waals surface area contributed by atoms with Gasteiger partial charge in [-0.2, -0.15) is 0 Å². The molecule has 0 aromatic heterocycles. The third-order valence-corrected chi connectivity index (χ3v) is 3.53. The van der Waals surface area contributed by atoms with Crippen molar-refractivity contribution in [3.05, 3.63) is 23.8 Å². The van der Waals surface area contributed by atoms with Gasteiger partial charge in [-0.1, -0.05) is 6.92 Å². The molecule has 2 atom stereocenters. The first-order valence-corrected chi connectivity index (χ1v) is 7.37. The van der Waals surface area contributed by atoms with Crippen LogP contribution in [0.25, 0.3) is 0 Å². The van der Waals surface area contributed by atoms with Crippen molar-refractivity contribution >= 4 is 11.8 Å². The highest BCUT2D eigenvalue weighted by Crippen LogP contribution is 2.37. The molecule has 1 aliphatic carbocycles. The third kappa shape index (κ3) is 3.90. The Morgan fingerprint density at radius 2 is 1.91 bits per heavy atom. The van der Waals surface area contributed by atoms with Crippen LogP contribution in [-0.4, -0.2) is 25.0 Å². The van der Waals surface area contributed by atoms with Crippen molar-refractivity contribution < 1.29 is 19.1 Å². The predicted molar refractivity (Wildman–Crippen MR) is 81.6 cm³/mol. The van der Waals surface area contributed by atoms with Gasteiger partial charge in [0.1, 0.15) is 0 Å². The molecule has 2 amide bonds. The van der Waals surface area contributed by atoms with Crippen LogP contribution in [0.1, 0.15) is 37.6 Å². The first-order valence-electron chi connectivity index (χ1n) is 7.37. The molecular weight excluding hydrogens is 284 g/mol. The van der Waals surface area contributed by atoms with Crippen LogP contribution in [-0.2, 0) is 4.79 Å². The summed E-state index contributed by atoms with van der Waals surface area (Å²) < 4.78 is 10.8. The van der Waals surface area contributed by atoms with Crippen molar-refractivity contribution in [3.8, 4) is 11.5 Å². The standard InChI is InChI=1S/C16H22N2O4/c1-9(2)22-13-6-5-11(8-14(13)21-4)15(19)17-18-16(20)12-7-10(12)3/h5-6,8-10,12H,7H2,1-4H3,(H,17,19)(H,18,20). The summed E-state index contributed by atoms with van der Waals surface area (Å²) in [6.07, 6.45) is 0.880. The number of hydrogen-bond acceptors (Lipinski definition) is 4. The number of hydrogen-bond donors (Lipinski definition) is 2. The van der Waals surface area contributed by atoms with E-state index in [0.717, 1.165) is 6.42 Å². The smallest absolute Gasteiger partial charge is 0.269 e. The topological polar surface area (TPSA) is 76.7 Å². The Morgan fingerprint density at radius 1 is 1.23 bits per heavy atom. The van der Waals surface area contributed by atoms with Gasteiger partial charge in [0.15, 0.2) is 11.5 Å². The van der Waals surface area contributed by atoms with E-state index in [4.69, 9.17) is 9.47 Å². The molecule has 1 aliphatic rings. The Balaban J connectivity index is 1.98. The molecule has 1 aromatic rings. The van der Waals surface area contributed by atoms with E-state index in [2.05, 4.69) is 10.9 Å². The maximum absolute atomic E-state index is 12.1. The molecule has 0 radical (unpaired) electrons. The van der Waals surface area contributed by atoms with Gasteiger partial charge in [0, 0.05) is 11.5 Å². The zero-order valence-electron chi connectivity index (χ0n) is 13.3. The summed E-state index contributed by atoms with van der Waals surface area (Å²) in [5.41, 5.74) is 5.25. The van der Waals surface area contributed by atoms with E-state index in [0.29, 0.717) is 23.0 Å². The van der Waals surface area contributed by atoms with Crippen LogP contribution in [0, 0.1) is 11.8 Å². The molecule has 1 saturated carbocycles. The van der Waals surface area contributed by atoms with Gasteiger partial charge in [-0.15, -0.1) is 0 Å². The maximum Gasteiger partial charge on any atom is 0.269 e. The number of nitrogens with one attached hydrogen (secondary N) is 2. The Labute approximate surface area is 130 Å². The Hall–Kier alpha value is -2.24. The largest absolute Gasteiger partial charge is 0.493 e. The lowest BCUT2D eigenvalue weighted by Gasteiger charge is -2.14. The van der Waals surface area contributed by atoms with Gasteiger partial charge >= 0.3 is 0 Å². The van der Waals surface area contributed by atoms with Gasteiger partial charge in [-0.25, -0.2) is 0 Å². The fourth-order valence-electron chi connectivity index (χ4n) is 2.13. The fourth-order valence-corrected chi connectivity index (χ4v) is 2.13. The molecule has 22 heavy (non-hydrogen) atoms. The molecule has 0 spiro atoms. The second-order valence-corrected chi connectivity index (χ2v) is 5.80. The summed E-state index contributed by atoms with van der Waals surface area (Å²) in [5.74, 6) is 0.915. The van der Waals surface area contributed by atoms with Crippen molar-refractivity contribution in [3.63, 3.8) is 0 Å². The average molecular weight is 306 g/mol. The zero-order chi connectivity index (χ0) is 16.3. The zero-order valence-corrected chi connectivity index (χ0v) is 13.3. The van der Waals surface area contributed by atoms with Gasteiger partial charge < -0.3 is 9.47 Å². The Kier molecular flexibility index (Phi) is 4.90. The quantitative estimate of drug-likeness (QED) is 0.815. The fraction of sp³-hybridized carbons (Fsp3) is 0.500. The highest BCUT2D eigenvalue weighted by Gasteiger charge is 2.39. The van der Waals surface area contributed by atoms with Crippen molar-refractivity contribution in [2.45, 2.75) is 33.3 Å². The molecule has 0 aliphatic heterocycles. The number of carbonyl (C=O) groups is 2. The number of rotatable bonds is 5. The van der Waals surface area contributed by atoms with Gasteiger partial charge in [0.25, 0.3) is 5.91 Å². The molecule has 6 heteroatoms. The summed E-state index contributed by atoms with van der Waals surface area (Å²) >= 11 is 0. The van der Waals surface area contributed by atoms with E-state index < -0.39 is 5.91 Å². The summed E-state index contributed by atoms with van der Waals surface area (Å²) in [6, 6.07) is 4.89. The Bertz CT molecular complexity index is 571. The monoisotopic (exact) mass is 306 g/mol. The van der Waals surface area contributed by atoms with Gasteiger partial charge in [0.2, 0.25) is 5.91 Å². The number of hydrazine groups is 1. The molecular formula is C16H22N2O4. The SMILES string of the molecule is COc1cc(C(=O)NNC(=O)C2CC2C)ccc1OC(C)C. The summed E-state index contributed by atoms with van der Waals surface area (Å²) in [5, 5.41) is 0. The molecule has 0 saturated heterocycles. The van der Waals surface area contributed by atoms with Crippen molar-refractivity contribution in [1.29, 1.82) is 0 Å². The normalized spacial score (nSPS) is 19.5. The minimum absolute atomic E-state index is 0.00777. The lowest BCUT2D eigenvalue weighted by molar-refractivity contribution is -0.123. The number of methoxy groups -OCH3 is 1. The first-order chi connectivity index (χ1) is 10.4. The molecule has 1 aromatic carbocycles. The molecule has 120 valence electrons. The molecule has 0 bridgehead atoms. The third-order valence-electron chi connectivity index (χ3n) is 3.53. The van der Waals surface area contributed by atoms with Crippen molar-refractivity contribution in [2.24, 2.45) is 11.8 Å². The lowest BCUT2D eigenvalue weighted by Crippen LogP contribution is -2.42. The van der Waals surface area contributed by atoms with E-state index >= 15 is 0 Å². The minimum atomic E-state index is -0.393. The minimum Gasteiger partial charge on any atom is -0.493 e. The predicted octanol–water partition coefficient (Wildman–Crippen LogP) is 1.90. The van der Waals surface area contributed by atoms with Crippen LogP contribution >= 0.6 is 0 Å². The van der Waals surface area contributed by atoms with E-state index in [1.165, 1.54) is 7.11 Å². The summed E-state index contributed by atoms with van der Waals surface area (Å²) in [7, 11) is 1.51. The van der Waals surface area contributed by atoms with Crippen molar-refractivity contribution in [1.82, 2.24) is 10.9 Å². The molecule has 2 rings (SSSR count).